The van der Waals surface area contributed by atoms with Crippen molar-refractivity contribution in [1.29, 1.82) is 0 Å². The van der Waals surface area contributed by atoms with Crippen LogP contribution in [-0.4, -0.2) is 16.1 Å². The maximum Gasteiger partial charge on any atom is 0.267 e. The van der Waals surface area contributed by atoms with Gasteiger partial charge in [0.15, 0.2) is 6.29 Å². The maximum atomic E-state index is 11.1. The lowest BCUT2D eigenvalue weighted by Gasteiger charge is -2.03. The van der Waals surface area contributed by atoms with Crippen molar-refractivity contribution in [2.24, 2.45) is 5.92 Å². The van der Waals surface area contributed by atoms with Crippen molar-refractivity contribution in [3.8, 4) is 0 Å². The maximum absolute atomic E-state index is 11.1. The van der Waals surface area contributed by atoms with Gasteiger partial charge < -0.3 is 0 Å². The summed E-state index contributed by atoms with van der Waals surface area (Å²) in [4.78, 5) is 21.4. The van der Waals surface area contributed by atoms with Gasteiger partial charge in [-0.05, 0) is 5.92 Å². The van der Waals surface area contributed by atoms with Gasteiger partial charge in [-0.3, -0.25) is 19.4 Å². The zero-order chi connectivity index (χ0) is 9.14. The second kappa shape index (κ2) is 3.38. The smallest absolute Gasteiger partial charge is 0.267 e. The fourth-order valence-corrected chi connectivity index (χ4v) is 1.02. The Kier molecular flexibility index (Phi) is 2.47. The van der Waals surface area contributed by atoms with Crippen LogP contribution in [0.5, 0.6) is 0 Å². The first-order chi connectivity index (χ1) is 5.63. The number of rotatable bonds is 3. The molecule has 1 heterocycles. The topological polar surface area (TPSA) is 54.9 Å². The van der Waals surface area contributed by atoms with Crippen molar-refractivity contribution < 1.29 is 4.79 Å². The van der Waals surface area contributed by atoms with Gasteiger partial charge in [-0.2, -0.15) is 0 Å². The van der Waals surface area contributed by atoms with E-state index in [1.807, 2.05) is 13.8 Å². The zero-order valence-corrected chi connectivity index (χ0v) is 7.20. The van der Waals surface area contributed by atoms with Gasteiger partial charge in [0.05, 0.1) is 5.69 Å². The normalized spacial score (nSPS) is 10.6. The van der Waals surface area contributed by atoms with E-state index in [-0.39, 0.29) is 5.56 Å². The highest BCUT2D eigenvalue weighted by atomic mass is 16.1. The second-order valence-electron chi connectivity index (χ2n) is 3.17. The van der Waals surface area contributed by atoms with Gasteiger partial charge in [0.25, 0.3) is 5.56 Å². The monoisotopic (exact) mass is 168 g/mol. The fraction of sp³-hybridized carbons (Fsp3) is 0.500. The number of aromatic nitrogens is 2. The first-order valence-corrected chi connectivity index (χ1v) is 3.88. The quantitative estimate of drug-likeness (QED) is 0.673. The number of H-pyrrole nitrogens is 1. The van der Waals surface area contributed by atoms with E-state index in [9.17, 15) is 9.59 Å². The molecule has 0 aromatic carbocycles. The molecular formula is C8H12N2O2. The molecular weight excluding hydrogens is 156 g/mol. The summed E-state index contributed by atoms with van der Waals surface area (Å²) in [6.07, 6.45) is 0.637. The van der Waals surface area contributed by atoms with E-state index in [4.69, 9.17) is 0 Å². The van der Waals surface area contributed by atoms with E-state index in [0.717, 1.165) is 0 Å². The van der Waals surface area contributed by atoms with Gasteiger partial charge in [-0.1, -0.05) is 13.8 Å². The molecule has 0 spiro atoms. The molecule has 4 heteroatoms. The van der Waals surface area contributed by atoms with Crippen LogP contribution < -0.4 is 5.56 Å². The van der Waals surface area contributed by atoms with Gasteiger partial charge in [0.2, 0.25) is 0 Å². The van der Waals surface area contributed by atoms with Crippen molar-refractivity contribution in [2.75, 3.05) is 0 Å². The van der Waals surface area contributed by atoms with Crippen LogP contribution in [0.15, 0.2) is 10.9 Å². The molecule has 0 saturated heterocycles. The number of nitrogens with one attached hydrogen (secondary N) is 1. The Morgan fingerprint density at radius 3 is 2.75 bits per heavy atom. The van der Waals surface area contributed by atoms with Crippen molar-refractivity contribution >= 4 is 6.29 Å². The average molecular weight is 168 g/mol. The average Bonchev–Trinajstić information content (AvgIpc) is 2.31. The number of nitrogens with zero attached hydrogens (tertiary/aromatic N) is 1. The second-order valence-corrected chi connectivity index (χ2v) is 3.17. The zero-order valence-electron chi connectivity index (χ0n) is 7.20. The van der Waals surface area contributed by atoms with Crippen LogP contribution in [0.4, 0.5) is 0 Å². The van der Waals surface area contributed by atoms with Crippen molar-refractivity contribution in [3.63, 3.8) is 0 Å². The summed E-state index contributed by atoms with van der Waals surface area (Å²) in [6.45, 7) is 4.63. The van der Waals surface area contributed by atoms with Crippen molar-refractivity contribution in [1.82, 2.24) is 9.78 Å². The summed E-state index contributed by atoms with van der Waals surface area (Å²) in [7, 11) is 0. The lowest BCUT2D eigenvalue weighted by Crippen LogP contribution is -2.18. The minimum Gasteiger partial charge on any atom is -0.296 e. The van der Waals surface area contributed by atoms with Crippen LogP contribution in [0, 0.1) is 5.92 Å². The number of aldehydes is 1. The largest absolute Gasteiger partial charge is 0.296 e. The third-order valence-corrected chi connectivity index (χ3v) is 1.48. The van der Waals surface area contributed by atoms with Crippen LogP contribution >= 0.6 is 0 Å². The van der Waals surface area contributed by atoms with Crippen LogP contribution in [-0.2, 0) is 6.54 Å². The summed E-state index contributed by atoms with van der Waals surface area (Å²) in [6, 6.07) is 1.30. The number of aromatic amines is 1. The Balaban J connectivity index is 2.92. The number of hydrogen-bond acceptors (Lipinski definition) is 2. The standard InChI is InChI=1S/C8H12N2O2/c1-6(2)4-10-8(12)3-7(5-11)9-10/h3,5-6,9H,4H2,1-2H3. The molecule has 0 aliphatic carbocycles. The third-order valence-electron chi connectivity index (χ3n) is 1.48. The van der Waals surface area contributed by atoms with Crippen LogP contribution in [0.1, 0.15) is 24.3 Å². The number of carbonyl (C=O) groups is 1. The molecule has 0 aliphatic heterocycles. The lowest BCUT2D eigenvalue weighted by molar-refractivity contribution is 0.111. The molecule has 4 nitrogen and oxygen atoms in total. The van der Waals surface area contributed by atoms with Gasteiger partial charge in [-0.15, -0.1) is 0 Å². The Labute approximate surface area is 70.2 Å². The summed E-state index contributed by atoms with van der Waals surface area (Å²) in [5, 5.41) is 2.70. The summed E-state index contributed by atoms with van der Waals surface area (Å²) in [5.74, 6) is 0.390. The molecule has 0 fully saturated rings. The van der Waals surface area contributed by atoms with E-state index >= 15 is 0 Å². The molecule has 1 N–H and O–H groups in total. The minimum absolute atomic E-state index is 0.147. The molecule has 0 radical (unpaired) electrons. The van der Waals surface area contributed by atoms with Gasteiger partial charge >= 0.3 is 0 Å². The third kappa shape index (κ3) is 1.84. The summed E-state index contributed by atoms with van der Waals surface area (Å²) >= 11 is 0. The predicted molar refractivity (Wildman–Crippen MR) is 45.3 cm³/mol. The predicted octanol–water partition coefficient (Wildman–Crippen LogP) is 0.645. The van der Waals surface area contributed by atoms with Gasteiger partial charge in [0.1, 0.15) is 0 Å². The van der Waals surface area contributed by atoms with E-state index in [1.54, 1.807) is 0 Å². The first-order valence-electron chi connectivity index (χ1n) is 3.88. The Morgan fingerprint density at radius 1 is 1.67 bits per heavy atom. The Bertz CT molecular complexity index is 322. The summed E-state index contributed by atoms with van der Waals surface area (Å²) < 4.78 is 1.44. The van der Waals surface area contributed by atoms with Crippen LogP contribution in [0.3, 0.4) is 0 Å². The molecule has 0 amide bonds. The number of hydrogen-bond donors (Lipinski definition) is 1. The van der Waals surface area contributed by atoms with Crippen molar-refractivity contribution in [3.05, 3.63) is 22.1 Å². The fourth-order valence-electron chi connectivity index (χ4n) is 1.02. The molecule has 1 aromatic rings. The molecule has 1 rings (SSSR count). The highest BCUT2D eigenvalue weighted by Crippen LogP contribution is 1.94. The highest BCUT2D eigenvalue weighted by Gasteiger charge is 2.02. The van der Waals surface area contributed by atoms with Crippen LogP contribution in [0.25, 0.3) is 0 Å². The first kappa shape index (κ1) is 8.77. The SMILES string of the molecule is CC(C)Cn1[nH]c(C=O)cc1=O. The van der Waals surface area contributed by atoms with Crippen LogP contribution in [0.2, 0.25) is 0 Å². The molecule has 1 aromatic heterocycles. The molecule has 0 saturated carbocycles. The minimum atomic E-state index is -0.147. The Hall–Kier alpha value is -1.32. The molecule has 0 bridgehead atoms. The Morgan fingerprint density at radius 2 is 2.33 bits per heavy atom. The van der Waals surface area contributed by atoms with E-state index in [1.165, 1.54) is 10.7 Å². The van der Waals surface area contributed by atoms with Crippen molar-refractivity contribution in [2.45, 2.75) is 20.4 Å². The highest BCUT2D eigenvalue weighted by molar-refractivity contribution is 5.71. The van der Waals surface area contributed by atoms with Gasteiger partial charge in [-0.25, -0.2) is 0 Å². The molecule has 0 aliphatic rings. The lowest BCUT2D eigenvalue weighted by atomic mass is 10.2. The van der Waals surface area contributed by atoms with E-state index in [0.29, 0.717) is 24.4 Å². The summed E-state index contributed by atoms with van der Waals surface area (Å²) in [5.41, 5.74) is 0.187. The number of carbonyl (C=O) groups excluding carboxylic acids is 1. The van der Waals surface area contributed by atoms with Gasteiger partial charge in [0, 0.05) is 12.6 Å². The molecule has 66 valence electrons. The molecule has 0 unspecified atom stereocenters. The molecule has 12 heavy (non-hydrogen) atoms. The molecule has 0 atom stereocenters. The van der Waals surface area contributed by atoms with E-state index < -0.39 is 0 Å². The van der Waals surface area contributed by atoms with E-state index in [2.05, 4.69) is 5.10 Å².